The van der Waals surface area contributed by atoms with E-state index in [4.69, 9.17) is 9.84 Å². The van der Waals surface area contributed by atoms with Gasteiger partial charge in [-0.25, -0.2) is 4.79 Å². The molecule has 2 N–H and O–H groups in total. The number of amides is 2. The largest absolute Gasteiger partial charge is 0.488 e. The lowest BCUT2D eigenvalue weighted by atomic mass is 10.0. The SMILES string of the molecule is CC(CN(C)C(=O)NC1c2ccccc2OC1C)C(=O)O. The van der Waals surface area contributed by atoms with Gasteiger partial charge in [-0.1, -0.05) is 25.1 Å². The number of carbonyl (C=O) groups is 2. The van der Waals surface area contributed by atoms with Crippen LogP contribution in [-0.2, 0) is 4.79 Å². The summed E-state index contributed by atoms with van der Waals surface area (Å²) in [7, 11) is 1.58. The molecular formula is C15H20N2O4. The molecule has 1 aliphatic rings. The normalized spacial score (nSPS) is 21.1. The molecule has 0 radical (unpaired) electrons. The van der Waals surface area contributed by atoms with E-state index in [0.29, 0.717) is 0 Å². The number of carboxylic acid groups (broad SMARTS) is 1. The molecule has 0 bridgehead atoms. The summed E-state index contributed by atoms with van der Waals surface area (Å²) < 4.78 is 5.69. The van der Waals surface area contributed by atoms with Gasteiger partial charge in [0.05, 0.1) is 12.0 Å². The van der Waals surface area contributed by atoms with Crippen LogP contribution >= 0.6 is 0 Å². The molecule has 1 aromatic rings. The first-order valence-corrected chi connectivity index (χ1v) is 6.90. The number of para-hydroxylation sites is 1. The summed E-state index contributed by atoms with van der Waals surface area (Å²) >= 11 is 0. The lowest BCUT2D eigenvalue weighted by Crippen LogP contribution is -2.44. The Morgan fingerprint density at radius 3 is 2.76 bits per heavy atom. The van der Waals surface area contributed by atoms with Crippen molar-refractivity contribution >= 4 is 12.0 Å². The molecule has 0 aromatic heterocycles. The number of hydrogen-bond acceptors (Lipinski definition) is 3. The summed E-state index contributed by atoms with van der Waals surface area (Å²) in [5.41, 5.74) is 0.943. The van der Waals surface area contributed by atoms with Crippen molar-refractivity contribution in [3.05, 3.63) is 29.8 Å². The Morgan fingerprint density at radius 2 is 2.10 bits per heavy atom. The highest BCUT2D eigenvalue weighted by molar-refractivity contribution is 5.76. The van der Waals surface area contributed by atoms with Gasteiger partial charge in [0.25, 0.3) is 0 Å². The molecule has 3 unspecified atom stereocenters. The Morgan fingerprint density at radius 1 is 1.43 bits per heavy atom. The van der Waals surface area contributed by atoms with Gasteiger partial charge in [-0.05, 0) is 13.0 Å². The molecule has 0 spiro atoms. The van der Waals surface area contributed by atoms with Crippen molar-refractivity contribution in [3.63, 3.8) is 0 Å². The van der Waals surface area contributed by atoms with Crippen LogP contribution in [0.4, 0.5) is 4.79 Å². The number of hydrogen-bond donors (Lipinski definition) is 2. The van der Waals surface area contributed by atoms with Crippen LogP contribution in [0.15, 0.2) is 24.3 Å². The van der Waals surface area contributed by atoms with Crippen LogP contribution in [0.25, 0.3) is 0 Å². The fourth-order valence-corrected chi connectivity index (χ4v) is 2.38. The number of nitrogens with zero attached hydrogens (tertiary/aromatic N) is 1. The number of benzene rings is 1. The van der Waals surface area contributed by atoms with Gasteiger partial charge in [-0.3, -0.25) is 4.79 Å². The number of aliphatic carboxylic acids is 1. The first kappa shape index (κ1) is 15.2. The zero-order chi connectivity index (χ0) is 15.6. The lowest BCUT2D eigenvalue weighted by Gasteiger charge is -2.24. The third-order valence-electron chi connectivity index (χ3n) is 3.63. The molecule has 6 heteroatoms. The van der Waals surface area contributed by atoms with Gasteiger partial charge in [0, 0.05) is 19.2 Å². The molecule has 2 amide bonds. The Kier molecular flexibility index (Phi) is 4.35. The van der Waals surface area contributed by atoms with Crippen LogP contribution in [0, 0.1) is 5.92 Å². The van der Waals surface area contributed by atoms with E-state index in [-0.39, 0.29) is 24.7 Å². The third-order valence-corrected chi connectivity index (χ3v) is 3.63. The molecule has 114 valence electrons. The summed E-state index contributed by atoms with van der Waals surface area (Å²) in [5.74, 6) is -0.750. The number of rotatable bonds is 4. The van der Waals surface area contributed by atoms with Gasteiger partial charge in [-0.15, -0.1) is 0 Å². The van der Waals surface area contributed by atoms with Crippen LogP contribution in [0.5, 0.6) is 5.75 Å². The second kappa shape index (κ2) is 6.03. The van der Waals surface area contributed by atoms with Crippen LogP contribution in [-0.4, -0.2) is 41.7 Å². The van der Waals surface area contributed by atoms with E-state index >= 15 is 0 Å². The molecule has 1 aromatic carbocycles. The van der Waals surface area contributed by atoms with Crippen molar-refractivity contribution < 1.29 is 19.4 Å². The minimum Gasteiger partial charge on any atom is -0.488 e. The summed E-state index contributed by atoms with van der Waals surface area (Å²) in [6.07, 6.45) is -0.156. The molecule has 0 saturated heterocycles. The standard InChI is InChI=1S/C15H20N2O4/c1-9(14(18)19)8-17(3)15(20)16-13-10(2)21-12-7-5-4-6-11(12)13/h4-7,9-10,13H,8H2,1-3H3,(H,16,20)(H,18,19). The maximum atomic E-state index is 12.2. The average molecular weight is 292 g/mol. The maximum absolute atomic E-state index is 12.2. The van der Waals surface area contributed by atoms with Gasteiger partial charge >= 0.3 is 12.0 Å². The number of ether oxygens (including phenoxy) is 1. The molecule has 2 rings (SSSR count). The van der Waals surface area contributed by atoms with E-state index in [1.54, 1.807) is 14.0 Å². The molecular weight excluding hydrogens is 272 g/mol. The minimum absolute atomic E-state index is 0.156. The van der Waals surface area contributed by atoms with E-state index in [1.165, 1.54) is 4.90 Å². The van der Waals surface area contributed by atoms with Crippen LogP contribution in [0.2, 0.25) is 0 Å². The fraction of sp³-hybridized carbons (Fsp3) is 0.467. The average Bonchev–Trinajstić information content (AvgIpc) is 2.75. The van der Waals surface area contributed by atoms with Crippen molar-refractivity contribution in [2.75, 3.05) is 13.6 Å². The van der Waals surface area contributed by atoms with Crippen molar-refractivity contribution in [1.82, 2.24) is 10.2 Å². The van der Waals surface area contributed by atoms with Crippen LogP contribution < -0.4 is 10.1 Å². The first-order chi connectivity index (χ1) is 9.90. The Hall–Kier alpha value is -2.24. The van der Waals surface area contributed by atoms with Crippen LogP contribution in [0.3, 0.4) is 0 Å². The van der Waals surface area contributed by atoms with E-state index in [1.807, 2.05) is 31.2 Å². The number of carboxylic acids is 1. The smallest absolute Gasteiger partial charge is 0.317 e. The zero-order valence-electron chi connectivity index (χ0n) is 12.4. The second-order valence-corrected chi connectivity index (χ2v) is 5.41. The quantitative estimate of drug-likeness (QED) is 0.888. The number of urea groups is 1. The van der Waals surface area contributed by atoms with Crippen molar-refractivity contribution in [2.24, 2.45) is 5.92 Å². The van der Waals surface area contributed by atoms with Crippen molar-refractivity contribution in [1.29, 1.82) is 0 Å². The molecule has 1 heterocycles. The Labute approximate surface area is 123 Å². The minimum atomic E-state index is -0.919. The number of carbonyl (C=O) groups excluding carboxylic acids is 1. The topological polar surface area (TPSA) is 78.9 Å². The number of fused-ring (bicyclic) bond motifs is 1. The van der Waals surface area contributed by atoms with E-state index < -0.39 is 11.9 Å². The Bertz CT molecular complexity index is 546. The molecule has 6 nitrogen and oxygen atoms in total. The first-order valence-electron chi connectivity index (χ1n) is 6.90. The van der Waals surface area contributed by atoms with Gasteiger partial charge in [0.1, 0.15) is 11.9 Å². The molecule has 1 aliphatic heterocycles. The Balaban J connectivity index is 2.01. The lowest BCUT2D eigenvalue weighted by molar-refractivity contribution is -0.141. The monoisotopic (exact) mass is 292 g/mol. The highest BCUT2D eigenvalue weighted by atomic mass is 16.5. The second-order valence-electron chi connectivity index (χ2n) is 5.41. The van der Waals surface area contributed by atoms with E-state index in [0.717, 1.165) is 11.3 Å². The highest BCUT2D eigenvalue weighted by Gasteiger charge is 2.33. The maximum Gasteiger partial charge on any atom is 0.317 e. The summed E-state index contributed by atoms with van der Waals surface area (Å²) in [6, 6.07) is 7.04. The predicted molar refractivity (Wildman–Crippen MR) is 77.2 cm³/mol. The molecule has 21 heavy (non-hydrogen) atoms. The zero-order valence-corrected chi connectivity index (χ0v) is 12.4. The van der Waals surface area contributed by atoms with E-state index in [2.05, 4.69) is 5.32 Å². The molecule has 0 saturated carbocycles. The molecule has 0 fully saturated rings. The molecule has 3 atom stereocenters. The van der Waals surface area contributed by atoms with Gasteiger partial charge in [-0.2, -0.15) is 0 Å². The number of nitrogens with one attached hydrogen (secondary N) is 1. The van der Waals surface area contributed by atoms with E-state index in [9.17, 15) is 9.59 Å². The predicted octanol–water partition coefficient (Wildman–Crippen LogP) is 1.87. The fourth-order valence-electron chi connectivity index (χ4n) is 2.38. The van der Waals surface area contributed by atoms with Crippen molar-refractivity contribution in [2.45, 2.75) is 26.0 Å². The van der Waals surface area contributed by atoms with Gasteiger partial charge < -0.3 is 20.1 Å². The highest BCUT2D eigenvalue weighted by Crippen LogP contribution is 2.36. The third kappa shape index (κ3) is 3.26. The van der Waals surface area contributed by atoms with Gasteiger partial charge in [0.2, 0.25) is 0 Å². The van der Waals surface area contributed by atoms with Crippen LogP contribution in [0.1, 0.15) is 25.5 Å². The van der Waals surface area contributed by atoms with Crippen molar-refractivity contribution in [3.8, 4) is 5.75 Å². The summed E-state index contributed by atoms with van der Waals surface area (Å²) in [5, 5.41) is 11.8. The summed E-state index contributed by atoms with van der Waals surface area (Å²) in [6.45, 7) is 3.62. The molecule has 0 aliphatic carbocycles. The van der Waals surface area contributed by atoms with Gasteiger partial charge in [0.15, 0.2) is 0 Å². The summed E-state index contributed by atoms with van der Waals surface area (Å²) in [4.78, 5) is 24.4.